The van der Waals surface area contributed by atoms with E-state index in [-0.39, 0.29) is 11.4 Å². The molecule has 1 aromatic heterocycles. The highest BCUT2D eigenvalue weighted by molar-refractivity contribution is 5.96. The number of carbonyl (C=O) groups excluding carboxylic acids is 1. The van der Waals surface area contributed by atoms with Gasteiger partial charge >= 0.3 is 6.18 Å². The van der Waals surface area contributed by atoms with Crippen LogP contribution in [-0.4, -0.2) is 43.4 Å². The largest absolute Gasteiger partial charge is 0.467 e. The van der Waals surface area contributed by atoms with Crippen molar-refractivity contribution >= 4 is 5.91 Å². The molecule has 0 aliphatic heterocycles. The fraction of sp³-hybridized carbons (Fsp3) is 0.600. The van der Waals surface area contributed by atoms with E-state index in [1.807, 2.05) is 0 Å². The molecule has 0 saturated heterocycles. The molecule has 8 heteroatoms. The van der Waals surface area contributed by atoms with Crippen LogP contribution in [0.4, 0.5) is 13.2 Å². The van der Waals surface area contributed by atoms with Crippen LogP contribution < -0.4 is 10.1 Å². The number of nitrogens with zero attached hydrogens (tertiary/aromatic N) is 1. The number of hydrogen-bond acceptors (Lipinski definition) is 4. The molecule has 0 unspecified atom stereocenters. The van der Waals surface area contributed by atoms with Crippen molar-refractivity contribution in [1.82, 2.24) is 10.3 Å². The van der Waals surface area contributed by atoms with E-state index >= 15 is 0 Å². The van der Waals surface area contributed by atoms with Crippen molar-refractivity contribution in [2.45, 2.75) is 25.4 Å². The van der Waals surface area contributed by atoms with Crippen molar-refractivity contribution < 1.29 is 27.4 Å². The number of amides is 1. The molecule has 0 bridgehead atoms. The van der Waals surface area contributed by atoms with Crippen LogP contribution in [0.3, 0.4) is 0 Å². The van der Waals surface area contributed by atoms with Gasteiger partial charge in [-0.05, 0) is 37.3 Å². The minimum absolute atomic E-state index is 0.0179. The molecule has 0 radical (unpaired) electrons. The van der Waals surface area contributed by atoms with Crippen LogP contribution in [-0.2, 0) is 4.74 Å². The number of alkyl halides is 3. The molecule has 1 N–H and O–H groups in total. The van der Waals surface area contributed by atoms with Gasteiger partial charge in [0.15, 0.2) is 6.61 Å². The van der Waals surface area contributed by atoms with Crippen LogP contribution in [0.1, 0.15) is 29.6 Å². The molecule has 1 saturated carbocycles. The van der Waals surface area contributed by atoms with Crippen LogP contribution >= 0.6 is 0 Å². The topological polar surface area (TPSA) is 60.5 Å². The normalized spacial score (nSPS) is 14.6. The van der Waals surface area contributed by atoms with E-state index in [0.29, 0.717) is 25.5 Å². The van der Waals surface area contributed by atoms with Gasteiger partial charge < -0.3 is 14.8 Å². The summed E-state index contributed by atoms with van der Waals surface area (Å²) in [4.78, 5) is 15.7. The Balaban J connectivity index is 1.74. The van der Waals surface area contributed by atoms with E-state index < -0.39 is 18.7 Å². The third kappa shape index (κ3) is 6.85. The Morgan fingerprint density at radius 2 is 2.17 bits per heavy atom. The summed E-state index contributed by atoms with van der Waals surface area (Å²) in [6.07, 6.45) is -0.132. The number of ether oxygens (including phenoxy) is 2. The minimum atomic E-state index is -4.48. The summed E-state index contributed by atoms with van der Waals surface area (Å²) in [5, 5.41) is 2.62. The Bertz CT molecular complexity index is 519. The van der Waals surface area contributed by atoms with E-state index in [1.54, 1.807) is 0 Å². The molecule has 5 nitrogen and oxygen atoms in total. The van der Waals surface area contributed by atoms with E-state index in [9.17, 15) is 18.0 Å². The standard InChI is InChI=1S/C15H19F3N2O3/c16-15(17,18)10-23-14-12(3-1-6-20-14)13(21)19-7-2-8-22-9-11-4-5-11/h1,3,6,11H,2,4-5,7-10H2,(H,19,21). The predicted octanol–water partition coefficient (Wildman–Crippen LogP) is 2.57. The highest BCUT2D eigenvalue weighted by Crippen LogP contribution is 2.28. The van der Waals surface area contributed by atoms with E-state index in [0.717, 1.165) is 6.61 Å². The number of hydrogen-bond donors (Lipinski definition) is 1. The smallest absolute Gasteiger partial charge is 0.422 e. The SMILES string of the molecule is O=C(NCCCOCC1CC1)c1cccnc1OCC(F)(F)F. The van der Waals surface area contributed by atoms with Crippen molar-refractivity contribution in [1.29, 1.82) is 0 Å². The molecular weight excluding hydrogens is 313 g/mol. The van der Waals surface area contributed by atoms with Crippen molar-refractivity contribution in [3.05, 3.63) is 23.9 Å². The first kappa shape index (κ1) is 17.5. The molecule has 2 rings (SSSR count). The highest BCUT2D eigenvalue weighted by Gasteiger charge is 2.29. The predicted molar refractivity (Wildman–Crippen MR) is 76.3 cm³/mol. The first-order chi connectivity index (χ1) is 11.0. The Labute approximate surface area is 132 Å². The Kier molecular flexibility index (Phi) is 6.20. The molecule has 1 aliphatic carbocycles. The molecule has 1 aliphatic rings. The Morgan fingerprint density at radius 3 is 2.87 bits per heavy atom. The molecule has 0 atom stereocenters. The maximum Gasteiger partial charge on any atom is 0.422 e. The van der Waals surface area contributed by atoms with Gasteiger partial charge in [-0.3, -0.25) is 4.79 Å². The average Bonchev–Trinajstić information content (AvgIpc) is 3.32. The van der Waals surface area contributed by atoms with Gasteiger partial charge in [0, 0.05) is 26.0 Å². The molecule has 1 amide bonds. The van der Waals surface area contributed by atoms with Crippen molar-refractivity contribution in [3.63, 3.8) is 0 Å². The molecule has 0 aromatic carbocycles. The van der Waals surface area contributed by atoms with Gasteiger partial charge in [0.1, 0.15) is 5.56 Å². The molecule has 0 spiro atoms. The zero-order valence-corrected chi connectivity index (χ0v) is 12.6. The number of pyridine rings is 1. The van der Waals surface area contributed by atoms with Gasteiger partial charge in [-0.15, -0.1) is 0 Å². The molecule has 1 aromatic rings. The van der Waals surface area contributed by atoms with Crippen LogP contribution in [0.25, 0.3) is 0 Å². The average molecular weight is 332 g/mol. The maximum absolute atomic E-state index is 12.2. The fourth-order valence-corrected chi connectivity index (χ4v) is 1.83. The second-order valence-corrected chi connectivity index (χ2v) is 5.39. The summed E-state index contributed by atoms with van der Waals surface area (Å²) in [5.41, 5.74) is -0.0179. The molecular formula is C15H19F3N2O3. The lowest BCUT2D eigenvalue weighted by molar-refractivity contribution is -0.154. The third-order valence-corrected chi connectivity index (χ3v) is 3.19. The Morgan fingerprint density at radius 1 is 1.39 bits per heavy atom. The summed E-state index contributed by atoms with van der Waals surface area (Å²) < 4.78 is 46.6. The van der Waals surface area contributed by atoms with Gasteiger partial charge in [-0.1, -0.05) is 0 Å². The van der Waals surface area contributed by atoms with E-state index in [2.05, 4.69) is 15.0 Å². The fourth-order valence-electron chi connectivity index (χ4n) is 1.83. The van der Waals surface area contributed by atoms with Gasteiger partial charge in [-0.2, -0.15) is 13.2 Å². The first-order valence-corrected chi connectivity index (χ1v) is 7.46. The van der Waals surface area contributed by atoms with Gasteiger partial charge in [-0.25, -0.2) is 4.98 Å². The summed E-state index contributed by atoms with van der Waals surface area (Å²) in [7, 11) is 0. The van der Waals surface area contributed by atoms with Crippen molar-refractivity contribution in [2.75, 3.05) is 26.4 Å². The van der Waals surface area contributed by atoms with Crippen LogP contribution in [0.15, 0.2) is 18.3 Å². The van der Waals surface area contributed by atoms with Gasteiger partial charge in [0.05, 0.1) is 0 Å². The van der Waals surface area contributed by atoms with E-state index in [4.69, 9.17) is 4.74 Å². The second kappa shape index (κ2) is 8.14. The number of rotatable bonds is 9. The molecule has 1 heterocycles. The third-order valence-electron chi connectivity index (χ3n) is 3.19. The maximum atomic E-state index is 12.2. The summed E-state index contributed by atoms with van der Waals surface area (Å²) in [6.45, 7) is 0.184. The lowest BCUT2D eigenvalue weighted by atomic mass is 10.2. The minimum Gasteiger partial charge on any atom is -0.467 e. The number of carbonyl (C=O) groups is 1. The molecule has 128 valence electrons. The number of aromatic nitrogens is 1. The first-order valence-electron chi connectivity index (χ1n) is 7.46. The number of halogens is 3. The number of nitrogens with one attached hydrogen (secondary N) is 1. The van der Waals surface area contributed by atoms with Crippen LogP contribution in [0.2, 0.25) is 0 Å². The van der Waals surface area contributed by atoms with Gasteiger partial charge in [0.25, 0.3) is 5.91 Å². The molecule has 23 heavy (non-hydrogen) atoms. The summed E-state index contributed by atoms with van der Waals surface area (Å²) >= 11 is 0. The van der Waals surface area contributed by atoms with Crippen LogP contribution in [0, 0.1) is 5.92 Å². The monoisotopic (exact) mass is 332 g/mol. The quantitative estimate of drug-likeness (QED) is 0.706. The van der Waals surface area contributed by atoms with Crippen LogP contribution in [0.5, 0.6) is 5.88 Å². The lowest BCUT2D eigenvalue weighted by Gasteiger charge is -2.12. The zero-order chi connectivity index (χ0) is 16.7. The van der Waals surface area contributed by atoms with E-state index in [1.165, 1.54) is 31.2 Å². The summed E-state index contributed by atoms with van der Waals surface area (Å²) in [5.74, 6) is -0.155. The second-order valence-electron chi connectivity index (χ2n) is 5.39. The highest BCUT2D eigenvalue weighted by atomic mass is 19.4. The van der Waals surface area contributed by atoms with Gasteiger partial charge in [0.2, 0.25) is 5.88 Å². The van der Waals surface area contributed by atoms with Crippen molar-refractivity contribution in [2.24, 2.45) is 5.92 Å². The zero-order valence-electron chi connectivity index (χ0n) is 12.6. The van der Waals surface area contributed by atoms with Crippen molar-refractivity contribution in [3.8, 4) is 5.88 Å². The molecule has 1 fully saturated rings. The lowest BCUT2D eigenvalue weighted by Crippen LogP contribution is -2.27. The Hall–Kier alpha value is -1.83. The summed E-state index contributed by atoms with van der Waals surface area (Å²) in [6, 6.07) is 2.84.